The van der Waals surface area contributed by atoms with E-state index in [0.29, 0.717) is 11.1 Å². The monoisotopic (exact) mass is 341 g/mol. The molecule has 0 atom stereocenters. The van der Waals surface area contributed by atoms with Crippen LogP contribution in [0, 0.1) is 6.92 Å². The first-order chi connectivity index (χ1) is 11.2. The van der Waals surface area contributed by atoms with E-state index in [9.17, 15) is 4.79 Å². The summed E-state index contributed by atoms with van der Waals surface area (Å²) in [5.74, 6) is 1.39. The van der Waals surface area contributed by atoms with Gasteiger partial charge in [0, 0.05) is 15.8 Å². The van der Waals surface area contributed by atoms with Crippen LogP contribution in [-0.4, -0.2) is 15.9 Å². The predicted octanol–water partition coefficient (Wildman–Crippen LogP) is 3.97. The van der Waals surface area contributed by atoms with E-state index in [0.717, 1.165) is 21.0 Å². The lowest BCUT2D eigenvalue weighted by Crippen LogP contribution is -2.16. The maximum absolute atomic E-state index is 12.7. The largest absolute Gasteiger partial charge is 0.460 e. The molecule has 0 fully saturated rings. The Morgan fingerprint density at radius 3 is 2.96 bits per heavy atom. The third kappa shape index (κ3) is 2.54. The van der Waals surface area contributed by atoms with Crippen LogP contribution in [-0.2, 0) is 0 Å². The molecule has 0 saturated carbocycles. The van der Waals surface area contributed by atoms with E-state index >= 15 is 0 Å². The van der Waals surface area contributed by atoms with Gasteiger partial charge in [0.1, 0.15) is 22.7 Å². The van der Waals surface area contributed by atoms with Gasteiger partial charge in [-0.25, -0.2) is 4.98 Å². The van der Waals surface area contributed by atoms with Crippen molar-refractivity contribution in [2.24, 2.45) is 5.10 Å². The highest BCUT2D eigenvalue weighted by molar-refractivity contribution is 7.18. The second kappa shape index (κ2) is 5.60. The van der Waals surface area contributed by atoms with Gasteiger partial charge in [-0.05, 0) is 30.5 Å². The quantitative estimate of drug-likeness (QED) is 0.530. The van der Waals surface area contributed by atoms with Crippen LogP contribution >= 0.6 is 22.7 Å². The van der Waals surface area contributed by atoms with Crippen molar-refractivity contribution >= 4 is 39.1 Å². The lowest BCUT2D eigenvalue weighted by Gasteiger charge is -1.99. The normalized spacial score (nSPS) is 11.7. The third-order valence-electron chi connectivity index (χ3n) is 3.34. The molecule has 4 aromatic heterocycles. The van der Waals surface area contributed by atoms with Crippen molar-refractivity contribution in [2.75, 3.05) is 0 Å². The Hall–Kier alpha value is -2.51. The van der Waals surface area contributed by atoms with Crippen LogP contribution in [0.3, 0.4) is 0 Å². The average molecular weight is 341 g/mol. The van der Waals surface area contributed by atoms with E-state index < -0.39 is 0 Å². The van der Waals surface area contributed by atoms with Crippen molar-refractivity contribution in [1.29, 1.82) is 0 Å². The molecular formula is C16H11N3O2S2. The van der Waals surface area contributed by atoms with E-state index in [2.05, 4.69) is 10.1 Å². The van der Waals surface area contributed by atoms with Crippen molar-refractivity contribution in [2.45, 2.75) is 6.92 Å². The van der Waals surface area contributed by atoms with Crippen LogP contribution in [0.2, 0.25) is 0 Å². The van der Waals surface area contributed by atoms with Gasteiger partial charge in [0.15, 0.2) is 0 Å². The Balaban J connectivity index is 1.83. The standard InChI is InChI=1S/C16H11N3O2S2/c1-10-4-5-11(21-10)7-18-19-9-17-15-14(16(19)20)12(8-23-15)13-3-2-6-22-13/h2-9H,1H3/b18-7-. The van der Waals surface area contributed by atoms with Crippen molar-refractivity contribution in [3.8, 4) is 10.4 Å². The molecule has 0 unspecified atom stereocenters. The summed E-state index contributed by atoms with van der Waals surface area (Å²) >= 11 is 3.07. The second-order valence-electron chi connectivity index (χ2n) is 4.89. The summed E-state index contributed by atoms with van der Waals surface area (Å²) < 4.78 is 6.66. The molecule has 5 nitrogen and oxygen atoms in total. The summed E-state index contributed by atoms with van der Waals surface area (Å²) in [5.41, 5.74) is 0.732. The first kappa shape index (κ1) is 14.1. The summed E-state index contributed by atoms with van der Waals surface area (Å²) in [6.07, 6.45) is 2.95. The predicted molar refractivity (Wildman–Crippen MR) is 93.6 cm³/mol. The van der Waals surface area contributed by atoms with Crippen LogP contribution in [0.5, 0.6) is 0 Å². The SMILES string of the molecule is Cc1ccc(/C=N\n2cnc3scc(-c4cccs4)c3c2=O)o1. The smallest absolute Gasteiger partial charge is 0.283 e. The summed E-state index contributed by atoms with van der Waals surface area (Å²) in [6, 6.07) is 7.62. The number of aryl methyl sites for hydroxylation is 1. The van der Waals surface area contributed by atoms with E-state index in [-0.39, 0.29) is 5.56 Å². The van der Waals surface area contributed by atoms with Gasteiger partial charge in [0.05, 0.1) is 11.6 Å². The molecule has 0 aliphatic rings. The molecule has 114 valence electrons. The number of thiophene rings is 2. The molecule has 0 N–H and O–H groups in total. The van der Waals surface area contributed by atoms with Gasteiger partial charge in [-0.1, -0.05) is 6.07 Å². The molecule has 4 heterocycles. The Kier molecular flexibility index (Phi) is 3.44. The number of aromatic nitrogens is 2. The number of rotatable bonds is 3. The van der Waals surface area contributed by atoms with Crippen LogP contribution in [0.15, 0.2) is 55.7 Å². The van der Waals surface area contributed by atoms with Crippen molar-refractivity contribution in [3.63, 3.8) is 0 Å². The molecule has 0 saturated heterocycles. The molecule has 4 rings (SSSR count). The first-order valence-electron chi connectivity index (χ1n) is 6.86. The van der Waals surface area contributed by atoms with E-state index in [1.54, 1.807) is 17.4 Å². The number of furan rings is 1. The van der Waals surface area contributed by atoms with Gasteiger partial charge in [0.2, 0.25) is 0 Å². The Morgan fingerprint density at radius 2 is 2.22 bits per heavy atom. The first-order valence-corrected chi connectivity index (χ1v) is 8.62. The number of hydrogen-bond acceptors (Lipinski definition) is 6. The molecule has 0 aliphatic heterocycles. The van der Waals surface area contributed by atoms with Gasteiger partial charge >= 0.3 is 0 Å². The third-order valence-corrected chi connectivity index (χ3v) is 5.12. The maximum Gasteiger partial charge on any atom is 0.283 e. The summed E-state index contributed by atoms with van der Waals surface area (Å²) in [7, 11) is 0. The number of nitrogens with zero attached hydrogens (tertiary/aromatic N) is 3. The Labute approximate surface area is 139 Å². The van der Waals surface area contributed by atoms with Gasteiger partial charge in [-0.3, -0.25) is 4.79 Å². The van der Waals surface area contributed by atoms with E-state index in [1.807, 2.05) is 35.9 Å². The fourth-order valence-corrected chi connectivity index (χ4v) is 3.98. The molecule has 0 spiro atoms. The number of hydrogen-bond donors (Lipinski definition) is 0. The topological polar surface area (TPSA) is 60.4 Å². The zero-order valence-corrected chi connectivity index (χ0v) is 13.7. The fraction of sp³-hybridized carbons (Fsp3) is 0.0625. The summed E-state index contributed by atoms with van der Waals surface area (Å²) in [5, 5.41) is 8.74. The van der Waals surface area contributed by atoms with Crippen LogP contribution in [0.4, 0.5) is 0 Å². The Bertz CT molecular complexity index is 1050. The lowest BCUT2D eigenvalue weighted by molar-refractivity contribution is 0.527. The molecule has 0 amide bonds. The zero-order chi connectivity index (χ0) is 15.8. The minimum atomic E-state index is -0.181. The fourth-order valence-electron chi connectivity index (χ4n) is 2.26. The van der Waals surface area contributed by atoms with Gasteiger partial charge < -0.3 is 4.42 Å². The minimum Gasteiger partial charge on any atom is -0.460 e. The van der Waals surface area contributed by atoms with Crippen molar-refractivity contribution < 1.29 is 4.42 Å². The van der Waals surface area contributed by atoms with Gasteiger partial charge in [-0.2, -0.15) is 9.78 Å². The highest BCUT2D eigenvalue weighted by Gasteiger charge is 2.13. The van der Waals surface area contributed by atoms with Crippen LogP contribution < -0.4 is 5.56 Å². The maximum atomic E-state index is 12.7. The van der Waals surface area contributed by atoms with Gasteiger partial charge in [0.25, 0.3) is 5.56 Å². The lowest BCUT2D eigenvalue weighted by atomic mass is 10.2. The molecular weight excluding hydrogens is 330 g/mol. The van der Waals surface area contributed by atoms with Crippen LogP contribution in [0.25, 0.3) is 20.7 Å². The summed E-state index contributed by atoms with van der Waals surface area (Å²) in [4.78, 5) is 18.8. The Morgan fingerprint density at radius 1 is 1.30 bits per heavy atom. The zero-order valence-electron chi connectivity index (χ0n) is 12.1. The molecule has 0 aliphatic carbocycles. The summed E-state index contributed by atoms with van der Waals surface area (Å²) in [6.45, 7) is 1.86. The molecule has 0 radical (unpaired) electrons. The highest BCUT2D eigenvalue weighted by Crippen LogP contribution is 2.33. The average Bonchev–Trinajstić information content (AvgIpc) is 3.26. The second-order valence-corrected chi connectivity index (χ2v) is 6.70. The molecule has 0 bridgehead atoms. The van der Waals surface area contributed by atoms with Crippen molar-refractivity contribution in [1.82, 2.24) is 9.66 Å². The highest BCUT2D eigenvalue weighted by atomic mass is 32.1. The molecule has 7 heteroatoms. The van der Waals surface area contributed by atoms with Gasteiger partial charge in [-0.15, -0.1) is 22.7 Å². The van der Waals surface area contributed by atoms with Crippen molar-refractivity contribution in [3.05, 3.63) is 63.2 Å². The van der Waals surface area contributed by atoms with E-state index in [1.165, 1.54) is 28.6 Å². The molecule has 23 heavy (non-hydrogen) atoms. The van der Waals surface area contributed by atoms with Crippen LogP contribution in [0.1, 0.15) is 11.5 Å². The molecule has 4 aromatic rings. The number of fused-ring (bicyclic) bond motifs is 1. The molecule has 0 aromatic carbocycles. The van der Waals surface area contributed by atoms with E-state index in [4.69, 9.17) is 4.42 Å². The minimum absolute atomic E-state index is 0.181.